The number of nitrogens with one attached hydrogen (secondary N) is 1. The van der Waals surface area contributed by atoms with E-state index in [-0.39, 0.29) is 17.6 Å². The van der Waals surface area contributed by atoms with Crippen LogP contribution in [-0.4, -0.2) is 57.7 Å². The first-order chi connectivity index (χ1) is 13.0. The van der Waals surface area contributed by atoms with Crippen LogP contribution in [0.5, 0.6) is 11.5 Å². The van der Waals surface area contributed by atoms with Crippen molar-refractivity contribution in [1.82, 2.24) is 9.62 Å². The minimum atomic E-state index is -3.18. The summed E-state index contributed by atoms with van der Waals surface area (Å²) in [6.45, 7) is 3.62. The molecule has 1 aromatic carbocycles. The first-order valence-electron chi connectivity index (χ1n) is 9.48. The van der Waals surface area contributed by atoms with Gasteiger partial charge >= 0.3 is 0 Å². The average molecular weight is 399 g/mol. The topological polar surface area (TPSA) is 84.9 Å². The Balaban J connectivity index is 1.67. The van der Waals surface area contributed by atoms with Gasteiger partial charge in [-0.25, -0.2) is 12.7 Å². The van der Waals surface area contributed by atoms with Crippen molar-refractivity contribution in [3.05, 3.63) is 24.3 Å². The van der Waals surface area contributed by atoms with Gasteiger partial charge in [0.1, 0.15) is 18.1 Å². The van der Waals surface area contributed by atoms with Gasteiger partial charge in [0.15, 0.2) is 0 Å². The lowest BCUT2D eigenvalue weighted by molar-refractivity contribution is -0.126. The molecule has 2 rings (SSSR count). The van der Waals surface area contributed by atoms with Crippen molar-refractivity contribution >= 4 is 15.9 Å². The standard InChI is InChI=1S/C19H30N2O5S/c1-3-4-15-27(23,24)21-12-9-16(10-13-21)19(22)20-11-14-26-18-7-5-17(25-2)6-8-18/h5-8,16H,3-4,9-15H2,1-2H3,(H,20,22). The highest BCUT2D eigenvalue weighted by atomic mass is 32.2. The molecule has 1 fully saturated rings. The van der Waals surface area contributed by atoms with Crippen LogP contribution in [0.15, 0.2) is 24.3 Å². The molecule has 1 N–H and O–H groups in total. The summed E-state index contributed by atoms with van der Waals surface area (Å²) in [6.07, 6.45) is 2.67. The third-order valence-electron chi connectivity index (χ3n) is 4.70. The third-order valence-corrected chi connectivity index (χ3v) is 6.66. The van der Waals surface area contributed by atoms with Gasteiger partial charge in [-0.05, 0) is 43.5 Å². The lowest BCUT2D eigenvalue weighted by Gasteiger charge is -2.30. The van der Waals surface area contributed by atoms with Gasteiger partial charge in [-0.15, -0.1) is 0 Å². The number of hydrogen-bond donors (Lipinski definition) is 1. The van der Waals surface area contributed by atoms with E-state index < -0.39 is 10.0 Å². The molecule has 1 aliphatic heterocycles. The van der Waals surface area contributed by atoms with E-state index in [1.807, 2.05) is 31.2 Å². The molecular formula is C19H30N2O5S. The first kappa shape index (κ1) is 21.5. The molecule has 0 spiro atoms. The maximum absolute atomic E-state index is 12.3. The van der Waals surface area contributed by atoms with Gasteiger partial charge in [0.05, 0.1) is 19.4 Å². The SMILES string of the molecule is CCCCS(=O)(=O)N1CCC(C(=O)NCCOc2ccc(OC)cc2)CC1. The van der Waals surface area contributed by atoms with Crippen molar-refractivity contribution in [3.8, 4) is 11.5 Å². The summed E-state index contributed by atoms with van der Waals surface area (Å²) in [4.78, 5) is 12.3. The van der Waals surface area contributed by atoms with E-state index in [4.69, 9.17) is 9.47 Å². The van der Waals surface area contributed by atoms with Crippen LogP contribution in [0.1, 0.15) is 32.6 Å². The minimum Gasteiger partial charge on any atom is -0.497 e. The second-order valence-corrected chi connectivity index (χ2v) is 8.75. The summed E-state index contributed by atoms with van der Waals surface area (Å²) in [6, 6.07) is 7.26. The van der Waals surface area contributed by atoms with E-state index >= 15 is 0 Å². The molecule has 1 amide bonds. The number of hydrogen-bond acceptors (Lipinski definition) is 5. The largest absolute Gasteiger partial charge is 0.497 e. The maximum atomic E-state index is 12.3. The summed E-state index contributed by atoms with van der Waals surface area (Å²) in [5, 5.41) is 2.88. The lowest BCUT2D eigenvalue weighted by Crippen LogP contribution is -2.44. The summed E-state index contributed by atoms with van der Waals surface area (Å²) in [7, 11) is -1.57. The molecule has 0 atom stereocenters. The highest BCUT2D eigenvalue weighted by molar-refractivity contribution is 7.89. The van der Waals surface area contributed by atoms with Crippen LogP contribution in [0, 0.1) is 5.92 Å². The molecule has 8 heteroatoms. The number of sulfonamides is 1. The van der Waals surface area contributed by atoms with Crippen LogP contribution in [0.4, 0.5) is 0 Å². The van der Waals surface area contributed by atoms with Crippen LogP contribution < -0.4 is 14.8 Å². The van der Waals surface area contributed by atoms with Crippen LogP contribution in [0.25, 0.3) is 0 Å². The highest BCUT2D eigenvalue weighted by Gasteiger charge is 2.30. The minimum absolute atomic E-state index is 0.0288. The Morgan fingerprint density at radius 3 is 2.41 bits per heavy atom. The fourth-order valence-corrected chi connectivity index (χ4v) is 4.69. The molecule has 1 saturated heterocycles. The lowest BCUT2D eigenvalue weighted by atomic mass is 9.97. The predicted molar refractivity (Wildman–Crippen MR) is 104 cm³/mol. The zero-order valence-electron chi connectivity index (χ0n) is 16.1. The number of carbonyl (C=O) groups is 1. The first-order valence-corrected chi connectivity index (χ1v) is 11.1. The summed E-state index contributed by atoms with van der Waals surface area (Å²) < 4.78 is 36.6. The number of nitrogens with zero attached hydrogens (tertiary/aromatic N) is 1. The maximum Gasteiger partial charge on any atom is 0.223 e. The van der Waals surface area contributed by atoms with E-state index in [9.17, 15) is 13.2 Å². The van der Waals surface area contributed by atoms with Crippen molar-refractivity contribution in [2.24, 2.45) is 5.92 Å². The van der Waals surface area contributed by atoms with Crippen molar-refractivity contribution in [3.63, 3.8) is 0 Å². The van der Waals surface area contributed by atoms with E-state index in [1.165, 1.54) is 4.31 Å². The number of piperidine rings is 1. The van der Waals surface area contributed by atoms with Gasteiger partial charge in [0.2, 0.25) is 15.9 Å². The van der Waals surface area contributed by atoms with E-state index in [0.717, 1.165) is 17.9 Å². The number of methoxy groups -OCH3 is 1. The van der Waals surface area contributed by atoms with Crippen LogP contribution in [0.2, 0.25) is 0 Å². The molecule has 1 aliphatic rings. The van der Waals surface area contributed by atoms with Gasteiger partial charge in [-0.1, -0.05) is 13.3 Å². The van der Waals surface area contributed by atoms with Crippen molar-refractivity contribution in [2.45, 2.75) is 32.6 Å². The number of ether oxygens (including phenoxy) is 2. The molecule has 0 aliphatic carbocycles. The molecule has 0 unspecified atom stereocenters. The number of amides is 1. The summed E-state index contributed by atoms with van der Waals surface area (Å²) in [5.41, 5.74) is 0. The fraction of sp³-hybridized carbons (Fsp3) is 0.632. The van der Waals surface area contributed by atoms with Gasteiger partial charge in [-0.3, -0.25) is 4.79 Å². The predicted octanol–water partition coefficient (Wildman–Crippen LogP) is 2.03. The molecule has 7 nitrogen and oxygen atoms in total. The number of carbonyl (C=O) groups excluding carboxylic acids is 1. The molecule has 0 radical (unpaired) electrons. The molecule has 1 aromatic rings. The molecule has 0 bridgehead atoms. The second kappa shape index (κ2) is 10.5. The Labute approximate surface area is 162 Å². The fourth-order valence-electron chi connectivity index (χ4n) is 3.01. The Morgan fingerprint density at radius 1 is 1.19 bits per heavy atom. The van der Waals surface area contributed by atoms with Crippen molar-refractivity contribution in [1.29, 1.82) is 0 Å². The molecule has 0 saturated carbocycles. The third kappa shape index (κ3) is 6.70. The average Bonchev–Trinajstić information content (AvgIpc) is 2.70. The van der Waals surface area contributed by atoms with E-state index in [0.29, 0.717) is 45.5 Å². The molecular weight excluding hydrogens is 368 g/mol. The van der Waals surface area contributed by atoms with Crippen LogP contribution in [0.3, 0.4) is 0 Å². The molecule has 1 heterocycles. The molecule has 27 heavy (non-hydrogen) atoms. The van der Waals surface area contributed by atoms with Gasteiger partial charge in [0.25, 0.3) is 0 Å². The van der Waals surface area contributed by atoms with Crippen LogP contribution in [-0.2, 0) is 14.8 Å². The van der Waals surface area contributed by atoms with Crippen molar-refractivity contribution in [2.75, 3.05) is 39.1 Å². The highest BCUT2D eigenvalue weighted by Crippen LogP contribution is 2.21. The normalized spacial score (nSPS) is 16.1. The van der Waals surface area contributed by atoms with Crippen LogP contribution >= 0.6 is 0 Å². The van der Waals surface area contributed by atoms with Gasteiger partial charge < -0.3 is 14.8 Å². The number of unbranched alkanes of at least 4 members (excludes halogenated alkanes) is 1. The Kier molecular flexibility index (Phi) is 8.37. The molecule has 152 valence electrons. The Hall–Kier alpha value is -1.80. The quantitative estimate of drug-likeness (QED) is 0.610. The smallest absolute Gasteiger partial charge is 0.223 e. The van der Waals surface area contributed by atoms with E-state index in [1.54, 1.807) is 7.11 Å². The summed E-state index contributed by atoms with van der Waals surface area (Å²) in [5.74, 6) is 1.51. The second-order valence-electron chi connectivity index (χ2n) is 6.66. The molecule has 0 aromatic heterocycles. The van der Waals surface area contributed by atoms with Gasteiger partial charge in [0, 0.05) is 19.0 Å². The number of benzene rings is 1. The van der Waals surface area contributed by atoms with Crippen molar-refractivity contribution < 1.29 is 22.7 Å². The Morgan fingerprint density at radius 2 is 1.81 bits per heavy atom. The van der Waals surface area contributed by atoms with Gasteiger partial charge in [-0.2, -0.15) is 0 Å². The zero-order chi connectivity index (χ0) is 19.7. The van der Waals surface area contributed by atoms with E-state index in [2.05, 4.69) is 5.32 Å². The number of rotatable bonds is 10. The monoisotopic (exact) mass is 398 g/mol. The summed E-state index contributed by atoms with van der Waals surface area (Å²) >= 11 is 0. The Bertz CT molecular complexity index is 683. The zero-order valence-corrected chi connectivity index (χ0v) is 17.0.